The van der Waals surface area contributed by atoms with Gasteiger partial charge >= 0.3 is 5.97 Å². The molecule has 0 aliphatic heterocycles. The van der Waals surface area contributed by atoms with E-state index in [-0.39, 0.29) is 9.90 Å². The van der Waals surface area contributed by atoms with Crippen LogP contribution in [0, 0.1) is 11.5 Å². The maximum atomic E-state index is 9.85. The molecule has 0 rings (SSSR count). The largest absolute Gasteiger partial charge is 0.347 e. The average molecular weight is 131 g/mol. The van der Waals surface area contributed by atoms with Gasteiger partial charge in [0, 0.05) is 6.08 Å². The summed E-state index contributed by atoms with van der Waals surface area (Å²) < 4.78 is 3.74. The predicted molar refractivity (Wildman–Crippen MR) is 33.0 cm³/mol. The molecule has 1 unspecified atom stereocenters. The van der Waals surface area contributed by atoms with Crippen molar-refractivity contribution in [2.24, 2.45) is 0 Å². The zero-order valence-electron chi connectivity index (χ0n) is 4.26. The minimum Gasteiger partial charge on any atom is -0.347 e. The first-order valence-electron chi connectivity index (χ1n) is 1.53. The van der Waals surface area contributed by atoms with E-state index in [9.17, 15) is 4.79 Å². The number of carbonyl (C=O) groups is 1. The van der Waals surface area contributed by atoms with Crippen molar-refractivity contribution in [2.45, 2.75) is 0 Å². The first-order valence-corrected chi connectivity index (χ1v) is 1.53. The van der Waals surface area contributed by atoms with Gasteiger partial charge in [0.15, 0.2) is 0 Å². The fraction of sp³-hybridized carbons (Fsp3) is 0. The van der Waals surface area contributed by atoms with Gasteiger partial charge in [-0.25, -0.2) is 4.79 Å². The Morgan fingerprint density at radius 3 is 2.50 bits per heavy atom. The lowest BCUT2D eigenvalue weighted by atomic mass is 10.7. The van der Waals surface area contributed by atoms with Crippen LogP contribution < -0.4 is 0 Å². The van der Waals surface area contributed by atoms with Crippen molar-refractivity contribution in [3.8, 4) is 6.26 Å². The number of hydrogen-bond donors (Lipinski definition) is 0. The van der Waals surface area contributed by atoms with Crippen LogP contribution in [0.3, 0.4) is 0 Å². The highest BCUT2D eigenvalue weighted by atomic mass is 31.0. The number of carbonyl (C=O) groups excluding carboxylic acids is 1. The van der Waals surface area contributed by atoms with Crippen LogP contribution in [0.4, 0.5) is 0 Å². The molecule has 3 nitrogen and oxygen atoms in total. The standard InChI is InChI=1S/C4H3NO2.H3P/c1-2-4(6)7-3-5;/h2H,1H2;1H3. The van der Waals surface area contributed by atoms with Crippen LogP contribution in [0.2, 0.25) is 0 Å². The second kappa shape index (κ2) is 6.13. The molecule has 0 bridgehead atoms. The van der Waals surface area contributed by atoms with Gasteiger partial charge in [-0.15, -0.1) is 5.26 Å². The molecule has 0 radical (unpaired) electrons. The fourth-order valence-electron chi connectivity index (χ4n) is 0.0867. The molecule has 0 fully saturated rings. The van der Waals surface area contributed by atoms with Gasteiger partial charge < -0.3 is 4.74 Å². The first kappa shape index (κ1) is 10.2. The van der Waals surface area contributed by atoms with Crippen molar-refractivity contribution >= 4 is 15.9 Å². The third kappa shape index (κ3) is 5.13. The van der Waals surface area contributed by atoms with E-state index in [4.69, 9.17) is 5.26 Å². The highest BCUT2D eigenvalue weighted by molar-refractivity contribution is 6.92. The Morgan fingerprint density at radius 1 is 1.88 bits per heavy atom. The van der Waals surface area contributed by atoms with Crippen LogP contribution in [0.15, 0.2) is 12.7 Å². The van der Waals surface area contributed by atoms with E-state index < -0.39 is 5.97 Å². The van der Waals surface area contributed by atoms with Crippen LogP contribution in [0.5, 0.6) is 0 Å². The van der Waals surface area contributed by atoms with E-state index in [1.54, 1.807) is 0 Å². The smallest absolute Gasteiger partial charge is 0.345 e. The van der Waals surface area contributed by atoms with Crippen LogP contribution >= 0.6 is 9.90 Å². The SMILES string of the molecule is C=CC(=O)OC#N.P. The molecular weight excluding hydrogens is 125 g/mol. The minimum atomic E-state index is -0.720. The molecule has 0 spiro atoms. The third-order valence-corrected chi connectivity index (χ3v) is 0.313. The summed E-state index contributed by atoms with van der Waals surface area (Å²) in [6.07, 6.45) is 2.12. The third-order valence-electron chi connectivity index (χ3n) is 0.313. The Hall–Kier alpha value is -0.870. The topological polar surface area (TPSA) is 50.1 Å². The summed E-state index contributed by atoms with van der Waals surface area (Å²) >= 11 is 0. The van der Waals surface area contributed by atoms with Crippen LogP contribution in [0.25, 0.3) is 0 Å². The number of nitrogens with zero attached hydrogens (tertiary/aromatic N) is 1. The molecule has 8 heavy (non-hydrogen) atoms. The van der Waals surface area contributed by atoms with Crippen LogP contribution in [-0.2, 0) is 9.53 Å². The molecule has 0 aromatic rings. The second-order valence-corrected chi connectivity index (χ2v) is 0.717. The molecule has 0 saturated heterocycles. The molecule has 0 heterocycles. The Morgan fingerprint density at radius 2 is 2.38 bits per heavy atom. The molecule has 0 N–H and O–H groups in total. The normalized spacial score (nSPS) is 5.38. The fourth-order valence-corrected chi connectivity index (χ4v) is 0.0867. The molecular formula is C4H6NO2P. The van der Waals surface area contributed by atoms with Crippen molar-refractivity contribution in [2.75, 3.05) is 0 Å². The Balaban J connectivity index is 0. The first-order chi connectivity index (χ1) is 3.31. The summed E-state index contributed by atoms with van der Waals surface area (Å²) in [4.78, 5) is 9.85. The Bertz CT molecular complexity index is 126. The molecule has 0 aliphatic carbocycles. The predicted octanol–water partition coefficient (Wildman–Crippen LogP) is 0.255. The summed E-state index contributed by atoms with van der Waals surface area (Å²) in [6, 6.07) is 0. The molecule has 1 atom stereocenters. The average Bonchev–Trinajstić information content (AvgIpc) is 1.68. The van der Waals surface area contributed by atoms with Gasteiger partial charge in [-0.2, -0.15) is 9.90 Å². The lowest BCUT2D eigenvalue weighted by Crippen LogP contribution is -1.91. The summed E-state index contributed by atoms with van der Waals surface area (Å²) in [5.41, 5.74) is 0. The molecule has 0 amide bonds. The van der Waals surface area contributed by atoms with Crippen LogP contribution in [-0.4, -0.2) is 5.97 Å². The monoisotopic (exact) mass is 131 g/mol. The number of nitriles is 1. The minimum absolute atomic E-state index is 0. The van der Waals surface area contributed by atoms with Crippen molar-refractivity contribution in [1.29, 1.82) is 5.26 Å². The van der Waals surface area contributed by atoms with E-state index in [0.717, 1.165) is 6.08 Å². The summed E-state index contributed by atoms with van der Waals surface area (Å²) in [7, 11) is 0. The summed E-state index contributed by atoms with van der Waals surface area (Å²) in [5.74, 6) is -0.720. The number of hydrogen-bond acceptors (Lipinski definition) is 3. The number of rotatable bonds is 1. The van der Waals surface area contributed by atoms with E-state index in [1.165, 1.54) is 6.26 Å². The van der Waals surface area contributed by atoms with Gasteiger partial charge in [-0.05, 0) is 0 Å². The van der Waals surface area contributed by atoms with E-state index in [2.05, 4.69) is 11.3 Å². The lowest BCUT2D eigenvalue weighted by Gasteiger charge is -1.77. The maximum Gasteiger partial charge on any atom is 0.345 e. The number of ether oxygens (including phenoxy) is 1. The molecule has 4 heteroatoms. The molecule has 44 valence electrons. The molecule has 0 aliphatic rings. The quantitative estimate of drug-likeness (QED) is 0.222. The highest BCUT2D eigenvalue weighted by Crippen LogP contribution is 1.71. The summed E-state index contributed by atoms with van der Waals surface area (Å²) in [6.45, 7) is 3.05. The number of esters is 1. The summed E-state index contributed by atoms with van der Waals surface area (Å²) in [5, 5.41) is 7.63. The van der Waals surface area contributed by atoms with Gasteiger partial charge in [0.2, 0.25) is 0 Å². The van der Waals surface area contributed by atoms with Gasteiger partial charge in [0.25, 0.3) is 6.26 Å². The van der Waals surface area contributed by atoms with Crippen molar-refractivity contribution < 1.29 is 9.53 Å². The van der Waals surface area contributed by atoms with Gasteiger partial charge in [-0.1, -0.05) is 6.58 Å². The maximum absolute atomic E-state index is 9.85. The van der Waals surface area contributed by atoms with Gasteiger partial charge in [0.05, 0.1) is 0 Å². The Labute approximate surface area is 50.6 Å². The second-order valence-electron chi connectivity index (χ2n) is 0.717. The zero-order valence-corrected chi connectivity index (χ0v) is 5.67. The highest BCUT2D eigenvalue weighted by Gasteiger charge is 1.87. The van der Waals surface area contributed by atoms with Crippen molar-refractivity contribution in [3.05, 3.63) is 12.7 Å². The van der Waals surface area contributed by atoms with Crippen molar-refractivity contribution in [3.63, 3.8) is 0 Å². The Kier molecular flexibility index (Phi) is 7.80. The van der Waals surface area contributed by atoms with Gasteiger partial charge in [0.1, 0.15) is 0 Å². The van der Waals surface area contributed by atoms with E-state index in [0.29, 0.717) is 0 Å². The van der Waals surface area contributed by atoms with Gasteiger partial charge in [-0.3, -0.25) is 0 Å². The lowest BCUT2D eigenvalue weighted by molar-refractivity contribution is -0.131. The molecule has 0 saturated carbocycles. The van der Waals surface area contributed by atoms with E-state index in [1.807, 2.05) is 0 Å². The van der Waals surface area contributed by atoms with Crippen LogP contribution in [0.1, 0.15) is 0 Å². The molecule has 0 aromatic carbocycles. The molecule has 0 aromatic heterocycles. The zero-order chi connectivity index (χ0) is 5.70. The van der Waals surface area contributed by atoms with Crippen molar-refractivity contribution in [1.82, 2.24) is 0 Å². The van der Waals surface area contributed by atoms with E-state index >= 15 is 0 Å².